The van der Waals surface area contributed by atoms with Crippen molar-refractivity contribution >= 4 is 23.7 Å². The molecule has 170 valence electrons. The van der Waals surface area contributed by atoms with Crippen LogP contribution in [-0.2, 0) is 32.1 Å². The molecule has 3 amide bonds. The van der Waals surface area contributed by atoms with Gasteiger partial charge in [0.25, 0.3) is 0 Å². The zero-order valence-corrected chi connectivity index (χ0v) is 18.3. The smallest absolute Gasteiger partial charge is 0.326 e. The number of carbonyl (C=O) groups excluding carboxylic acids is 3. The average molecular weight is 433 g/mol. The van der Waals surface area contributed by atoms with Gasteiger partial charge in [-0.3, -0.25) is 14.4 Å². The Hall–Kier alpha value is -2.94. The van der Waals surface area contributed by atoms with Crippen LogP contribution < -0.4 is 16.4 Å². The summed E-state index contributed by atoms with van der Waals surface area (Å²) in [6, 6.07) is 4.84. The van der Waals surface area contributed by atoms with E-state index >= 15 is 0 Å². The second kappa shape index (κ2) is 10.9. The molecule has 0 fully saturated rings. The van der Waals surface area contributed by atoms with E-state index in [-0.39, 0.29) is 31.2 Å². The number of nitrogens with two attached hydrogens (primary N) is 1. The highest BCUT2D eigenvalue weighted by atomic mass is 16.4. The molecule has 0 bridgehead atoms. The molecule has 0 spiro atoms. The van der Waals surface area contributed by atoms with Crippen LogP contribution in [0.3, 0.4) is 0 Å². The van der Waals surface area contributed by atoms with E-state index in [0.29, 0.717) is 13.0 Å². The first-order valence-electron chi connectivity index (χ1n) is 10.5. The van der Waals surface area contributed by atoms with Crippen LogP contribution in [0.5, 0.6) is 0 Å². The molecule has 9 heteroatoms. The molecule has 1 aliphatic rings. The topological polar surface area (TPSA) is 142 Å². The first-order valence-corrected chi connectivity index (χ1v) is 10.5. The van der Waals surface area contributed by atoms with Crippen molar-refractivity contribution in [1.29, 1.82) is 0 Å². The van der Waals surface area contributed by atoms with Crippen LogP contribution in [0.4, 0.5) is 0 Å². The van der Waals surface area contributed by atoms with Gasteiger partial charge in [0, 0.05) is 25.9 Å². The number of nitrogens with one attached hydrogen (secondary N) is 2. The van der Waals surface area contributed by atoms with Crippen LogP contribution in [0.15, 0.2) is 24.3 Å². The Balaban J connectivity index is 2.11. The largest absolute Gasteiger partial charge is 0.480 e. The lowest BCUT2D eigenvalue weighted by Gasteiger charge is -2.36. The molecular weight excluding hydrogens is 400 g/mol. The first kappa shape index (κ1) is 24.3. The molecule has 1 heterocycles. The maximum Gasteiger partial charge on any atom is 0.326 e. The number of carboxylic acid groups (broad SMARTS) is 1. The third kappa shape index (κ3) is 6.52. The van der Waals surface area contributed by atoms with Crippen LogP contribution >= 0.6 is 0 Å². The molecular formula is C22H32N4O5. The summed E-state index contributed by atoms with van der Waals surface area (Å²) in [7, 11) is 0. The van der Waals surface area contributed by atoms with E-state index in [1.54, 1.807) is 0 Å². The van der Waals surface area contributed by atoms with Crippen molar-refractivity contribution in [3.63, 3.8) is 0 Å². The Kier molecular flexibility index (Phi) is 8.56. The third-order valence-electron chi connectivity index (χ3n) is 5.30. The molecule has 0 saturated heterocycles. The summed E-state index contributed by atoms with van der Waals surface area (Å²) in [5.74, 6) is -2.31. The number of hydrogen-bond donors (Lipinski definition) is 4. The molecule has 31 heavy (non-hydrogen) atoms. The number of hydrogen-bond acceptors (Lipinski definition) is 5. The van der Waals surface area contributed by atoms with Gasteiger partial charge in [0.2, 0.25) is 17.7 Å². The SMILES string of the molecule is CC(C)C[C@H](NC(=O)[C@H](C)NC(=O)[C@@H]1Cc2ccccc2CN1C(=O)CCN)C(=O)O. The maximum atomic E-state index is 13.0. The second-order valence-electron chi connectivity index (χ2n) is 8.31. The van der Waals surface area contributed by atoms with E-state index in [9.17, 15) is 24.3 Å². The van der Waals surface area contributed by atoms with E-state index in [4.69, 9.17) is 5.73 Å². The van der Waals surface area contributed by atoms with Gasteiger partial charge in [-0.15, -0.1) is 0 Å². The standard InChI is InChI=1S/C22H32N4O5/c1-13(2)10-17(22(30)31)25-20(28)14(3)24-21(29)18-11-15-6-4-5-7-16(15)12-26(18)19(27)8-9-23/h4-7,13-14,17-18H,8-12,23H2,1-3H3,(H,24,29)(H,25,28)(H,30,31)/t14-,17-,18-/m0/s1. The zero-order chi connectivity index (χ0) is 23.1. The number of carbonyl (C=O) groups is 4. The fraction of sp³-hybridized carbons (Fsp3) is 0.545. The minimum Gasteiger partial charge on any atom is -0.480 e. The molecule has 0 saturated carbocycles. The average Bonchev–Trinajstić information content (AvgIpc) is 2.71. The van der Waals surface area contributed by atoms with Gasteiger partial charge in [-0.1, -0.05) is 38.1 Å². The van der Waals surface area contributed by atoms with Crippen molar-refractivity contribution in [2.75, 3.05) is 6.54 Å². The highest BCUT2D eigenvalue weighted by Gasteiger charge is 2.35. The summed E-state index contributed by atoms with van der Waals surface area (Å²) in [6.45, 7) is 5.69. The van der Waals surface area contributed by atoms with Gasteiger partial charge in [-0.2, -0.15) is 0 Å². The Morgan fingerprint density at radius 1 is 1.13 bits per heavy atom. The third-order valence-corrected chi connectivity index (χ3v) is 5.30. The van der Waals surface area contributed by atoms with Gasteiger partial charge in [-0.05, 0) is 30.4 Å². The Morgan fingerprint density at radius 2 is 1.77 bits per heavy atom. The Morgan fingerprint density at radius 3 is 2.35 bits per heavy atom. The number of amides is 3. The summed E-state index contributed by atoms with van der Waals surface area (Å²) in [6.07, 6.45) is 0.734. The lowest BCUT2D eigenvalue weighted by atomic mass is 9.93. The highest BCUT2D eigenvalue weighted by Crippen LogP contribution is 2.24. The maximum absolute atomic E-state index is 13.0. The number of nitrogens with zero attached hydrogens (tertiary/aromatic N) is 1. The van der Waals surface area contributed by atoms with Gasteiger partial charge in [-0.25, -0.2) is 4.79 Å². The first-order chi connectivity index (χ1) is 14.6. The molecule has 0 radical (unpaired) electrons. The fourth-order valence-corrected chi connectivity index (χ4v) is 3.65. The lowest BCUT2D eigenvalue weighted by Crippen LogP contribution is -2.57. The molecule has 5 N–H and O–H groups in total. The second-order valence-corrected chi connectivity index (χ2v) is 8.31. The fourth-order valence-electron chi connectivity index (χ4n) is 3.65. The van der Waals surface area contributed by atoms with Crippen molar-refractivity contribution in [2.45, 2.75) is 64.7 Å². The summed E-state index contributed by atoms with van der Waals surface area (Å²) in [5, 5.41) is 14.4. The van der Waals surface area contributed by atoms with Crippen molar-refractivity contribution in [2.24, 2.45) is 11.7 Å². The van der Waals surface area contributed by atoms with E-state index in [2.05, 4.69) is 10.6 Å². The number of rotatable bonds is 9. The summed E-state index contributed by atoms with van der Waals surface area (Å²) in [4.78, 5) is 51.0. The van der Waals surface area contributed by atoms with Crippen LogP contribution in [-0.4, -0.2) is 58.4 Å². The lowest BCUT2D eigenvalue weighted by molar-refractivity contribution is -0.144. The van der Waals surface area contributed by atoms with Gasteiger partial charge in [0.15, 0.2) is 0 Å². The number of benzene rings is 1. The number of carboxylic acids is 1. The van der Waals surface area contributed by atoms with Crippen LogP contribution in [0, 0.1) is 5.92 Å². The normalized spacial score (nSPS) is 17.5. The summed E-state index contributed by atoms with van der Waals surface area (Å²) < 4.78 is 0. The minimum absolute atomic E-state index is 0.0794. The van der Waals surface area contributed by atoms with Crippen LogP contribution in [0.1, 0.15) is 44.7 Å². The van der Waals surface area contributed by atoms with E-state index in [1.807, 2.05) is 38.1 Å². The molecule has 0 unspecified atom stereocenters. The van der Waals surface area contributed by atoms with Crippen molar-refractivity contribution < 1.29 is 24.3 Å². The summed E-state index contributed by atoms with van der Waals surface area (Å²) in [5.41, 5.74) is 7.47. The molecule has 1 aromatic carbocycles. The molecule has 0 aromatic heterocycles. The van der Waals surface area contributed by atoms with E-state index in [0.717, 1.165) is 11.1 Å². The van der Waals surface area contributed by atoms with Crippen molar-refractivity contribution in [3.05, 3.63) is 35.4 Å². The highest BCUT2D eigenvalue weighted by molar-refractivity contribution is 5.93. The zero-order valence-electron chi connectivity index (χ0n) is 18.3. The molecule has 9 nitrogen and oxygen atoms in total. The van der Waals surface area contributed by atoms with Gasteiger partial charge >= 0.3 is 5.97 Å². The van der Waals surface area contributed by atoms with Crippen molar-refractivity contribution in [3.8, 4) is 0 Å². The number of aliphatic carboxylic acids is 1. The van der Waals surface area contributed by atoms with E-state index < -0.39 is 35.9 Å². The Labute approximate surface area is 182 Å². The predicted molar refractivity (Wildman–Crippen MR) is 115 cm³/mol. The Bertz CT molecular complexity index is 826. The molecule has 2 rings (SSSR count). The molecule has 3 atom stereocenters. The minimum atomic E-state index is -1.12. The van der Waals surface area contributed by atoms with Crippen molar-refractivity contribution in [1.82, 2.24) is 15.5 Å². The molecule has 0 aliphatic carbocycles. The predicted octanol–water partition coefficient (Wildman–Crippen LogP) is 0.409. The quantitative estimate of drug-likeness (QED) is 0.445. The molecule has 1 aromatic rings. The molecule has 1 aliphatic heterocycles. The number of fused-ring (bicyclic) bond motifs is 1. The monoisotopic (exact) mass is 432 g/mol. The van der Waals surface area contributed by atoms with Crippen LogP contribution in [0.2, 0.25) is 0 Å². The van der Waals surface area contributed by atoms with Gasteiger partial charge < -0.3 is 26.4 Å². The van der Waals surface area contributed by atoms with E-state index in [1.165, 1.54) is 11.8 Å². The summed E-state index contributed by atoms with van der Waals surface area (Å²) >= 11 is 0. The van der Waals surface area contributed by atoms with Crippen LogP contribution in [0.25, 0.3) is 0 Å². The van der Waals surface area contributed by atoms with Gasteiger partial charge in [0.05, 0.1) is 0 Å². The van der Waals surface area contributed by atoms with Gasteiger partial charge in [0.1, 0.15) is 18.1 Å².